The Labute approximate surface area is 149 Å². The van der Waals surface area contributed by atoms with Crippen molar-refractivity contribution in [3.05, 3.63) is 46.9 Å². The Kier molecular flexibility index (Phi) is 8.73. The van der Waals surface area contributed by atoms with Gasteiger partial charge < -0.3 is 31.5 Å². The second-order valence-corrected chi connectivity index (χ2v) is 5.18. The number of hydrogen-bond donors (Lipinski definition) is 5. The van der Waals surface area contributed by atoms with Gasteiger partial charge in [0.2, 0.25) is 0 Å². The van der Waals surface area contributed by atoms with Crippen LogP contribution in [-0.4, -0.2) is 44.4 Å². The maximum Gasteiger partial charge on any atom is 0.416 e. The number of carbonyl (C=O) groups is 1. The minimum atomic E-state index is -4.40. The maximum absolute atomic E-state index is 12.6. The summed E-state index contributed by atoms with van der Waals surface area (Å²) in [6.07, 6.45) is -4.40. The van der Waals surface area contributed by atoms with Gasteiger partial charge in [0, 0.05) is 20.1 Å². The third kappa shape index (κ3) is 7.19. The van der Waals surface area contributed by atoms with Crippen LogP contribution >= 0.6 is 0 Å². The largest absolute Gasteiger partial charge is 0.416 e. The van der Waals surface area contributed by atoms with Crippen LogP contribution in [0, 0.1) is 0 Å². The first-order chi connectivity index (χ1) is 12.3. The van der Waals surface area contributed by atoms with E-state index >= 15 is 0 Å². The molecule has 0 aliphatic rings. The number of nitrogens with two attached hydrogens (primary N) is 1. The lowest BCUT2D eigenvalue weighted by atomic mass is 10.1. The van der Waals surface area contributed by atoms with Crippen LogP contribution in [0.5, 0.6) is 0 Å². The third-order valence-electron chi connectivity index (χ3n) is 3.28. The molecule has 6 N–H and O–H groups in total. The van der Waals surface area contributed by atoms with E-state index in [1.165, 1.54) is 19.2 Å². The Bertz CT molecular complexity index is 604. The normalized spacial score (nSPS) is 12.3. The van der Waals surface area contributed by atoms with Crippen LogP contribution in [0.25, 0.3) is 0 Å². The fraction of sp³-hybridized carbons (Fsp3) is 0.438. The third-order valence-corrected chi connectivity index (χ3v) is 3.28. The van der Waals surface area contributed by atoms with Gasteiger partial charge >= 0.3 is 6.18 Å². The van der Waals surface area contributed by atoms with Crippen molar-refractivity contribution >= 4 is 5.91 Å². The predicted octanol–water partition coefficient (Wildman–Crippen LogP) is 0.267. The van der Waals surface area contributed by atoms with Crippen molar-refractivity contribution in [3.8, 4) is 0 Å². The van der Waals surface area contributed by atoms with Crippen LogP contribution in [-0.2, 0) is 22.3 Å². The SMILES string of the molecule is CN/C(N)=C(/NCc1ccc(C(F)(F)F)cc1)C(=O)NCCOCCO. The van der Waals surface area contributed by atoms with Gasteiger partial charge in [-0.25, -0.2) is 0 Å². The van der Waals surface area contributed by atoms with Crippen LogP contribution in [0.4, 0.5) is 13.2 Å². The maximum atomic E-state index is 12.6. The molecule has 1 aromatic rings. The summed E-state index contributed by atoms with van der Waals surface area (Å²) >= 11 is 0. The van der Waals surface area contributed by atoms with Gasteiger partial charge in [0.05, 0.1) is 25.4 Å². The molecule has 0 unspecified atom stereocenters. The molecule has 0 spiro atoms. The topological polar surface area (TPSA) is 109 Å². The number of aliphatic hydroxyl groups is 1. The minimum Gasteiger partial charge on any atom is -0.394 e. The Morgan fingerprint density at radius 2 is 1.85 bits per heavy atom. The Balaban J connectivity index is 2.64. The van der Waals surface area contributed by atoms with Crippen molar-refractivity contribution in [2.45, 2.75) is 12.7 Å². The van der Waals surface area contributed by atoms with Crippen LogP contribution in [0.3, 0.4) is 0 Å². The Morgan fingerprint density at radius 3 is 2.38 bits per heavy atom. The van der Waals surface area contributed by atoms with Gasteiger partial charge in [0.15, 0.2) is 0 Å². The molecule has 1 rings (SSSR count). The van der Waals surface area contributed by atoms with Gasteiger partial charge in [0.1, 0.15) is 11.5 Å². The first-order valence-electron chi connectivity index (χ1n) is 7.84. The number of nitrogens with one attached hydrogen (secondary N) is 3. The number of rotatable bonds is 10. The van der Waals surface area contributed by atoms with E-state index in [1.807, 2.05) is 0 Å². The van der Waals surface area contributed by atoms with Gasteiger partial charge in [-0.05, 0) is 17.7 Å². The second kappa shape index (κ2) is 10.5. The summed E-state index contributed by atoms with van der Waals surface area (Å²) in [5.74, 6) is -0.401. The molecule has 0 saturated carbocycles. The highest BCUT2D eigenvalue weighted by molar-refractivity contribution is 5.93. The fourth-order valence-corrected chi connectivity index (χ4v) is 1.92. The Hall–Kier alpha value is -2.46. The van der Waals surface area contributed by atoms with Crippen molar-refractivity contribution in [3.63, 3.8) is 0 Å². The van der Waals surface area contributed by atoms with Crippen molar-refractivity contribution in [1.29, 1.82) is 0 Å². The molecule has 26 heavy (non-hydrogen) atoms. The number of carbonyl (C=O) groups excluding carboxylic acids is 1. The molecule has 0 heterocycles. The zero-order valence-electron chi connectivity index (χ0n) is 14.3. The molecule has 1 aromatic carbocycles. The summed E-state index contributed by atoms with van der Waals surface area (Å²) in [4.78, 5) is 12.2. The molecule has 0 fully saturated rings. The quantitative estimate of drug-likeness (QED) is 0.296. The molecular weight excluding hydrogens is 353 g/mol. The molecule has 146 valence electrons. The molecular formula is C16H23F3N4O3. The van der Waals surface area contributed by atoms with Gasteiger partial charge in [-0.3, -0.25) is 4.79 Å². The summed E-state index contributed by atoms with van der Waals surface area (Å²) in [5.41, 5.74) is 5.62. The van der Waals surface area contributed by atoms with E-state index in [2.05, 4.69) is 16.0 Å². The molecule has 10 heteroatoms. The van der Waals surface area contributed by atoms with Gasteiger partial charge in [-0.2, -0.15) is 13.2 Å². The van der Waals surface area contributed by atoms with Crippen LogP contribution in [0.15, 0.2) is 35.8 Å². The van der Waals surface area contributed by atoms with Gasteiger partial charge in [-0.1, -0.05) is 12.1 Å². The molecule has 0 bridgehead atoms. The Morgan fingerprint density at radius 1 is 1.19 bits per heavy atom. The first kappa shape index (κ1) is 21.6. The van der Waals surface area contributed by atoms with Crippen LogP contribution in [0.1, 0.15) is 11.1 Å². The summed E-state index contributed by atoms with van der Waals surface area (Å²) < 4.78 is 42.7. The van der Waals surface area contributed by atoms with Crippen molar-refractivity contribution in [2.24, 2.45) is 5.73 Å². The molecule has 0 radical (unpaired) electrons. The highest BCUT2D eigenvalue weighted by Gasteiger charge is 2.29. The fourth-order valence-electron chi connectivity index (χ4n) is 1.92. The first-order valence-corrected chi connectivity index (χ1v) is 7.84. The zero-order valence-corrected chi connectivity index (χ0v) is 14.3. The standard InChI is InChI=1S/C16H23F3N4O3/c1-21-14(20)13(15(25)22-6-8-26-9-7-24)23-10-11-2-4-12(5-3-11)16(17,18)19/h2-5,21,23-24H,6-10,20H2,1H3,(H,22,25)/b14-13+. The van der Waals surface area contributed by atoms with Crippen LogP contribution in [0.2, 0.25) is 0 Å². The molecule has 0 atom stereocenters. The van der Waals surface area contributed by atoms with E-state index in [0.717, 1.165) is 12.1 Å². The molecule has 0 saturated heterocycles. The molecule has 0 aliphatic carbocycles. The highest BCUT2D eigenvalue weighted by Crippen LogP contribution is 2.29. The highest BCUT2D eigenvalue weighted by atomic mass is 19.4. The summed E-state index contributed by atoms with van der Waals surface area (Å²) in [6.45, 7) is 0.605. The number of hydrogen-bond acceptors (Lipinski definition) is 6. The average Bonchev–Trinajstić information content (AvgIpc) is 2.61. The number of ether oxygens (including phenoxy) is 1. The second-order valence-electron chi connectivity index (χ2n) is 5.18. The zero-order chi connectivity index (χ0) is 19.6. The molecule has 7 nitrogen and oxygen atoms in total. The van der Waals surface area contributed by atoms with Crippen molar-refractivity contribution in [2.75, 3.05) is 33.4 Å². The van der Waals surface area contributed by atoms with E-state index in [4.69, 9.17) is 15.6 Å². The van der Waals surface area contributed by atoms with E-state index in [-0.39, 0.29) is 44.4 Å². The van der Waals surface area contributed by atoms with Gasteiger partial charge in [0.25, 0.3) is 5.91 Å². The van der Waals surface area contributed by atoms with Crippen LogP contribution < -0.4 is 21.7 Å². The number of aliphatic hydroxyl groups excluding tert-OH is 1. The summed E-state index contributed by atoms with van der Waals surface area (Å²) in [7, 11) is 1.53. The van der Waals surface area contributed by atoms with E-state index in [0.29, 0.717) is 5.56 Å². The van der Waals surface area contributed by atoms with E-state index in [9.17, 15) is 18.0 Å². The van der Waals surface area contributed by atoms with E-state index < -0.39 is 17.6 Å². The smallest absolute Gasteiger partial charge is 0.394 e. The van der Waals surface area contributed by atoms with Crippen molar-refractivity contribution in [1.82, 2.24) is 16.0 Å². The summed E-state index contributed by atoms with van der Waals surface area (Å²) in [5, 5.41) is 16.6. The number of amides is 1. The lowest BCUT2D eigenvalue weighted by Gasteiger charge is -2.15. The monoisotopic (exact) mass is 376 g/mol. The predicted molar refractivity (Wildman–Crippen MR) is 89.5 cm³/mol. The van der Waals surface area contributed by atoms with E-state index in [1.54, 1.807) is 0 Å². The number of halogens is 3. The summed E-state index contributed by atoms with van der Waals surface area (Å²) in [6, 6.07) is 4.59. The molecule has 0 aromatic heterocycles. The number of benzene rings is 1. The van der Waals surface area contributed by atoms with Crippen molar-refractivity contribution < 1.29 is 27.8 Å². The average molecular weight is 376 g/mol. The lowest BCUT2D eigenvalue weighted by Crippen LogP contribution is -2.38. The van der Waals surface area contributed by atoms with Gasteiger partial charge in [-0.15, -0.1) is 0 Å². The minimum absolute atomic E-state index is 0.0644. The molecule has 1 amide bonds. The lowest BCUT2D eigenvalue weighted by molar-refractivity contribution is -0.137. The molecule has 0 aliphatic heterocycles. The number of alkyl halides is 3.